The molecule has 0 N–H and O–H groups in total. The van der Waals surface area contributed by atoms with Crippen LogP contribution in [0.2, 0.25) is 39.3 Å². The van der Waals surface area contributed by atoms with Gasteiger partial charge in [-0.15, -0.1) is 22.7 Å². The molecule has 1 aliphatic rings. The van der Waals surface area contributed by atoms with E-state index in [1.165, 1.54) is 97.9 Å². The average molecular weight is 741 g/mol. The Kier molecular flexibility index (Phi) is 13.2. The number of aryl methyl sites for hydroxylation is 2. The van der Waals surface area contributed by atoms with Gasteiger partial charge in [0.1, 0.15) is 0 Å². The van der Waals surface area contributed by atoms with Gasteiger partial charge in [-0.3, -0.25) is 9.59 Å². The minimum atomic E-state index is -1.53. The predicted octanol–water partition coefficient (Wildman–Crippen LogP) is 12.8. The highest BCUT2D eigenvalue weighted by Gasteiger charge is 2.32. The Hall–Kier alpha value is -2.39. The summed E-state index contributed by atoms with van der Waals surface area (Å²) in [7, 11) is -3.06. The highest BCUT2D eigenvalue weighted by molar-refractivity contribution is 7.29. The summed E-state index contributed by atoms with van der Waals surface area (Å²) >= 11 is 3.82. The van der Waals surface area contributed by atoms with Gasteiger partial charge < -0.3 is 0 Å². The summed E-state index contributed by atoms with van der Waals surface area (Å²) in [5, 5.41) is 0. The Bertz CT molecular complexity index is 1670. The quantitative estimate of drug-likeness (QED) is 0.0662. The van der Waals surface area contributed by atoms with Crippen LogP contribution in [-0.4, -0.2) is 27.7 Å². The lowest BCUT2D eigenvalue weighted by Crippen LogP contribution is -2.37. The molecule has 0 amide bonds. The van der Waals surface area contributed by atoms with E-state index in [-0.39, 0.29) is 11.6 Å². The molecule has 0 fully saturated rings. The van der Waals surface area contributed by atoms with Gasteiger partial charge in [-0.25, -0.2) is 0 Å². The summed E-state index contributed by atoms with van der Waals surface area (Å²) in [4.78, 5) is 30.5. The van der Waals surface area contributed by atoms with Crippen LogP contribution in [0.1, 0.15) is 134 Å². The van der Waals surface area contributed by atoms with Crippen LogP contribution in [0.15, 0.2) is 48.5 Å². The first-order chi connectivity index (χ1) is 23.8. The highest BCUT2D eigenvalue weighted by atomic mass is 32.1. The third-order valence-electron chi connectivity index (χ3n) is 10.2. The molecule has 1 aliphatic carbocycles. The number of carbonyl (C=O) groups excluding carboxylic acids is 2. The summed E-state index contributed by atoms with van der Waals surface area (Å²) in [5.41, 5.74) is 7.28. The summed E-state index contributed by atoms with van der Waals surface area (Å²) in [6, 6.07) is 16.7. The minimum absolute atomic E-state index is 0.0324. The Morgan fingerprint density at radius 2 is 0.820 bits per heavy atom. The van der Waals surface area contributed by atoms with Gasteiger partial charge >= 0.3 is 0 Å². The van der Waals surface area contributed by atoms with Crippen molar-refractivity contribution in [3.05, 3.63) is 81.9 Å². The molecule has 2 nitrogen and oxygen atoms in total. The lowest BCUT2D eigenvalue weighted by molar-refractivity contribution is 0.0979. The molecular weight excluding hydrogens is 681 g/mol. The highest BCUT2D eigenvalue weighted by Crippen LogP contribution is 2.37. The fraction of sp³-hybridized carbons (Fsp3) is 0.500. The van der Waals surface area contributed by atoms with Crippen LogP contribution in [0.5, 0.6) is 0 Å². The van der Waals surface area contributed by atoms with E-state index in [1.807, 2.05) is 46.9 Å². The normalized spacial score (nSPS) is 13.2. The van der Waals surface area contributed by atoms with Crippen LogP contribution >= 0.6 is 22.7 Å². The van der Waals surface area contributed by atoms with Crippen molar-refractivity contribution in [2.45, 2.75) is 143 Å². The van der Waals surface area contributed by atoms with E-state index in [1.54, 1.807) is 9.00 Å². The van der Waals surface area contributed by atoms with Crippen LogP contribution in [0.3, 0.4) is 0 Å². The minimum Gasteiger partial charge on any atom is -0.289 e. The van der Waals surface area contributed by atoms with E-state index in [0.717, 1.165) is 24.0 Å². The average Bonchev–Trinajstić information content (AvgIpc) is 3.72. The number of carbonyl (C=O) groups is 2. The SMILES string of the molecule is CCCCCCCCc1cc(-c2ccc3c(c2)C(=O)c2ccc(-c4cc(CCCCCCCC)c([Si](C)(C)C)s4)cc2C3=O)sc1[Si](C)(C)C. The van der Waals surface area contributed by atoms with Gasteiger partial charge in [0.25, 0.3) is 0 Å². The van der Waals surface area contributed by atoms with Crippen molar-refractivity contribution in [3.8, 4) is 20.9 Å². The second-order valence-corrected chi connectivity index (χ2v) is 29.5. The molecule has 0 unspecified atom stereocenters. The molecule has 50 heavy (non-hydrogen) atoms. The van der Waals surface area contributed by atoms with Crippen LogP contribution in [0, 0.1) is 0 Å². The van der Waals surface area contributed by atoms with E-state index >= 15 is 0 Å². The van der Waals surface area contributed by atoms with Gasteiger partial charge in [0.05, 0.1) is 16.1 Å². The molecule has 0 atom stereocenters. The Labute approximate surface area is 313 Å². The Morgan fingerprint density at radius 3 is 1.18 bits per heavy atom. The third-order valence-corrected chi connectivity index (χ3v) is 19.9. The molecule has 0 saturated carbocycles. The monoisotopic (exact) mass is 740 g/mol. The lowest BCUT2D eigenvalue weighted by atomic mass is 9.82. The number of ketones is 2. The van der Waals surface area contributed by atoms with Crippen molar-refractivity contribution in [1.29, 1.82) is 0 Å². The first kappa shape index (κ1) is 38.8. The van der Waals surface area contributed by atoms with Crippen LogP contribution in [0.4, 0.5) is 0 Å². The Morgan fingerprint density at radius 1 is 0.460 bits per heavy atom. The fourth-order valence-corrected chi connectivity index (χ4v) is 14.8. The second-order valence-electron chi connectivity index (χ2n) is 16.6. The van der Waals surface area contributed by atoms with Gasteiger partial charge in [0, 0.05) is 32.0 Å². The van der Waals surface area contributed by atoms with Gasteiger partial charge in [-0.2, -0.15) is 0 Å². The molecule has 4 aromatic rings. The molecule has 0 spiro atoms. The molecule has 0 saturated heterocycles. The summed E-state index contributed by atoms with van der Waals surface area (Å²) < 4.78 is 3.14. The van der Waals surface area contributed by atoms with Crippen molar-refractivity contribution in [2.24, 2.45) is 0 Å². The second kappa shape index (κ2) is 17.0. The van der Waals surface area contributed by atoms with Crippen LogP contribution < -0.4 is 9.00 Å². The summed E-state index contributed by atoms with van der Waals surface area (Å²) in [6.45, 7) is 19.2. The van der Waals surface area contributed by atoms with Gasteiger partial charge in [-0.1, -0.05) is 129 Å². The maximum atomic E-state index is 14.0. The third kappa shape index (κ3) is 9.15. The maximum absolute atomic E-state index is 14.0. The zero-order chi connectivity index (χ0) is 36.1. The van der Waals surface area contributed by atoms with Crippen molar-refractivity contribution in [1.82, 2.24) is 0 Å². The van der Waals surface area contributed by atoms with E-state index in [2.05, 4.69) is 77.4 Å². The predicted molar refractivity (Wildman–Crippen MR) is 226 cm³/mol. The van der Waals surface area contributed by atoms with Crippen molar-refractivity contribution >= 4 is 59.4 Å². The zero-order valence-corrected chi connectivity index (χ0v) is 35.8. The molecule has 268 valence electrons. The number of rotatable bonds is 18. The van der Waals surface area contributed by atoms with Crippen molar-refractivity contribution in [2.75, 3.05) is 0 Å². The van der Waals surface area contributed by atoms with E-state index in [0.29, 0.717) is 22.3 Å². The lowest BCUT2D eigenvalue weighted by Gasteiger charge is -2.19. The Balaban J connectivity index is 1.38. The molecule has 5 rings (SSSR count). The van der Waals surface area contributed by atoms with E-state index in [4.69, 9.17) is 0 Å². The molecule has 2 heterocycles. The first-order valence-corrected chi connectivity index (χ1v) is 28.1. The van der Waals surface area contributed by atoms with Crippen molar-refractivity contribution in [3.63, 3.8) is 0 Å². The summed E-state index contributed by atoms with van der Waals surface area (Å²) in [6.07, 6.45) is 17.9. The molecular formula is C44H60O2S2Si2. The van der Waals surface area contributed by atoms with E-state index in [9.17, 15) is 9.59 Å². The zero-order valence-electron chi connectivity index (χ0n) is 32.2. The molecule has 2 aromatic carbocycles. The number of fused-ring (bicyclic) bond motifs is 2. The largest absolute Gasteiger partial charge is 0.289 e. The van der Waals surface area contributed by atoms with Gasteiger partial charge in [-0.05, 0) is 93.3 Å². The number of hydrogen-bond donors (Lipinski definition) is 0. The number of unbranched alkanes of at least 4 members (excludes halogenated alkanes) is 10. The van der Waals surface area contributed by atoms with Gasteiger partial charge in [0.15, 0.2) is 11.6 Å². The molecule has 0 radical (unpaired) electrons. The molecule has 0 aliphatic heterocycles. The number of thiophene rings is 2. The van der Waals surface area contributed by atoms with Crippen LogP contribution in [0.25, 0.3) is 20.9 Å². The van der Waals surface area contributed by atoms with Crippen molar-refractivity contribution < 1.29 is 9.59 Å². The fourth-order valence-electron chi connectivity index (χ4n) is 7.43. The molecule has 2 aromatic heterocycles. The summed E-state index contributed by atoms with van der Waals surface area (Å²) in [5.74, 6) is -0.0648. The number of benzene rings is 2. The standard InChI is InChI=1S/C44H60O2S2Si2/c1-9-11-13-15-17-19-21-33-29-39(47-43(33)49(3,4)5)31-23-25-35-37(27-31)41(45)36-26-24-32(28-38(36)42(35)46)40-30-34(44(48-40)50(6,7)8)22-20-18-16-14-12-10-2/h23-30H,9-22H2,1-8H3. The van der Waals surface area contributed by atoms with E-state index < -0.39 is 16.1 Å². The van der Waals surface area contributed by atoms with Crippen LogP contribution in [-0.2, 0) is 12.8 Å². The topological polar surface area (TPSA) is 34.1 Å². The molecule has 0 bridgehead atoms. The number of hydrogen-bond acceptors (Lipinski definition) is 4. The maximum Gasteiger partial charge on any atom is 0.194 e. The van der Waals surface area contributed by atoms with Gasteiger partial charge in [0.2, 0.25) is 0 Å². The first-order valence-electron chi connectivity index (χ1n) is 19.5. The molecule has 6 heteroatoms. The smallest absolute Gasteiger partial charge is 0.194 e.